The van der Waals surface area contributed by atoms with Crippen LogP contribution in [0.3, 0.4) is 0 Å². The van der Waals surface area contributed by atoms with Gasteiger partial charge in [0.25, 0.3) is 0 Å². The van der Waals surface area contributed by atoms with Gasteiger partial charge in [-0.2, -0.15) is 0 Å². The predicted molar refractivity (Wildman–Crippen MR) is 74.4 cm³/mol. The fraction of sp³-hybridized carbons (Fsp3) is 0.786. The van der Waals surface area contributed by atoms with Crippen LogP contribution in [0.5, 0.6) is 0 Å². The van der Waals surface area contributed by atoms with Crippen LogP contribution in [0, 0.1) is 12.8 Å². The van der Waals surface area contributed by atoms with Crippen molar-refractivity contribution in [3.8, 4) is 0 Å². The minimum Gasteiger partial charge on any atom is -0.377 e. The number of hydrogen-bond acceptors (Lipinski definition) is 4. The Kier molecular flexibility index (Phi) is 3.74. The van der Waals surface area contributed by atoms with Gasteiger partial charge in [0.15, 0.2) is 0 Å². The molecule has 0 unspecified atom stereocenters. The van der Waals surface area contributed by atoms with E-state index in [1.54, 1.807) is 0 Å². The number of anilines is 1. The van der Waals surface area contributed by atoms with Crippen LogP contribution in [0.2, 0.25) is 0 Å². The second kappa shape index (κ2) is 5.52. The van der Waals surface area contributed by atoms with Crippen molar-refractivity contribution in [2.45, 2.75) is 58.1 Å². The molecule has 1 aliphatic heterocycles. The number of carbonyl (C=O) groups is 1. The van der Waals surface area contributed by atoms with Crippen molar-refractivity contribution in [3.63, 3.8) is 0 Å². The maximum Gasteiger partial charge on any atom is 0.232 e. The molecule has 0 spiro atoms. The van der Waals surface area contributed by atoms with Gasteiger partial charge < -0.3 is 4.74 Å². The van der Waals surface area contributed by atoms with Crippen LogP contribution in [0.1, 0.15) is 50.9 Å². The van der Waals surface area contributed by atoms with Gasteiger partial charge in [0, 0.05) is 12.6 Å². The molecule has 0 bridgehead atoms. The minimum absolute atomic E-state index is 0.0193. The van der Waals surface area contributed by atoms with Gasteiger partial charge in [0.05, 0.1) is 12.0 Å². The molecule has 1 N–H and O–H groups in total. The number of hydrogen-bond donors (Lipinski definition) is 1. The molecule has 1 amide bonds. The maximum absolute atomic E-state index is 12.5. The van der Waals surface area contributed by atoms with E-state index in [1.165, 1.54) is 0 Å². The number of amides is 1. The third kappa shape index (κ3) is 2.57. The molecule has 110 valence electrons. The van der Waals surface area contributed by atoms with Crippen molar-refractivity contribution in [1.82, 2.24) is 14.8 Å². The van der Waals surface area contributed by atoms with E-state index in [4.69, 9.17) is 4.74 Å². The average Bonchev–Trinajstić information content (AvgIpc) is 3.23. The SMILES string of the molecule is CC[C@H]1OCCC[C@H]1C(=O)Nc1nnc(C)n1C1CC1. The fourth-order valence-corrected chi connectivity index (χ4v) is 2.97. The second-order valence-corrected chi connectivity index (χ2v) is 5.73. The average molecular weight is 278 g/mol. The summed E-state index contributed by atoms with van der Waals surface area (Å²) in [5, 5.41) is 11.1. The number of aromatic nitrogens is 3. The Morgan fingerprint density at radius 3 is 2.90 bits per heavy atom. The topological polar surface area (TPSA) is 69.0 Å². The van der Waals surface area contributed by atoms with Crippen LogP contribution in [0.25, 0.3) is 0 Å². The van der Waals surface area contributed by atoms with Gasteiger partial charge in [-0.3, -0.25) is 14.7 Å². The summed E-state index contributed by atoms with van der Waals surface area (Å²) < 4.78 is 7.73. The molecule has 3 rings (SSSR count). The van der Waals surface area contributed by atoms with Crippen molar-refractivity contribution in [2.24, 2.45) is 5.92 Å². The Morgan fingerprint density at radius 2 is 2.20 bits per heavy atom. The van der Waals surface area contributed by atoms with Crippen LogP contribution >= 0.6 is 0 Å². The summed E-state index contributed by atoms with van der Waals surface area (Å²) in [4.78, 5) is 12.5. The fourth-order valence-electron chi connectivity index (χ4n) is 2.97. The lowest BCUT2D eigenvalue weighted by Gasteiger charge is -2.29. The Hall–Kier alpha value is -1.43. The number of nitrogens with one attached hydrogen (secondary N) is 1. The van der Waals surface area contributed by atoms with Crippen molar-refractivity contribution in [1.29, 1.82) is 0 Å². The highest BCUT2D eigenvalue weighted by atomic mass is 16.5. The molecule has 2 atom stereocenters. The van der Waals surface area contributed by atoms with E-state index in [1.807, 2.05) is 11.5 Å². The molecule has 2 heterocycles. The molecular formula is C14H22N4O2. The highest BCUT2D eigenvalue weighted by Crippen LogP contribution is 2.38. The molecule has 6 heteroatoms. The molecular weight excluding hydrogens is 256 g/mol. The van der Waals surface area contributed by atoms with E-state index in [2.05, 4.69) is 22.4 Å². The quantitative estimate of drug-likeness (QED) is 0.915. The van der Waals surface area contributed by atoms with Crippen molar-refractivity contribution >= 4 is 11.9 Å². The predicted octanol–water partition coefficient (Wildman–Crippen LogP) is 2.07. The zero-order chi connectivity index (χ0) is 14.1. The van der Waals surface area contributed by atoms with Gasteiger partial charge in [-0.05, 0) is 39.0 Å². The number of aryl methyl sites for hydroxylation is 1. The smallest absolute Gasteiger partial charge is 0.232 e. The minimum atomic E-state index is -0.0709. The molecule has 0 aromatic carbocycles. The molecule has 0 radical (unpaired) electrons. The maximum atomic E-state index is 12.5. The summed E-state index contributed by atoms with van der Waals surface area (Å²) in [6, 6.07) is 0.463. The number of ether oxygens (including phenoxy) is 1. The zero-order valence-electron chi connectivity index (χ0n) is 12.1. The number of nitrogens with zero attached hydrogens (tertiary/aromatic N) is 3. The summed E-state index contributed by atoms with van der Waals surface area (Å²) in [6.45, 7) is 4.76. The highest BCUT2D eigenvalue weighted by molar-refractivity contribution is 5.91. The van der Waals surface area contributed by atoms with E-state index >= 15 is 0 Å². The van der Waals surface area contributed by atoms with Crippen molar-refractivity contribution < 1.29 is 9.53 Å². The normalized spacial score (nSPS) is 26.5. The number of carbonyl (C=O) groups excluding carboxylic acids is 1. The molecule has 1 aromatic heterocycles. The van der Waals surface area contributed by atoms with E-state index in [0.717, 1.165) is 44.5 Å². The Bertz CT molecular complexity index is 495. The first-order valence-corrected chi connectivity index (χ1v) is 7.54. The zero-order valence-corrected chi connectivity index (χ0v) is 12.1. The first-order chi connectivity index (χ1) is 9.70. The molecule has 1 aliphatic carbocycles. The summed E-state index contributed by atoms with van der Waals surface area (Å²) in [5.74, 6) is 1.41. The largest absolute Gasteiger partial charge is 0.377 e. The Morgan fingerprint density at radius 1 is 1.40 bits per heavy atom. The summed E-state index contributed by atoms with van der Waals surface area (Å²) in [6.07, 6.45) is 5.02. The highest BCUT2D eigenvalue weighted by Gasteiger charge is 2.33. The van der Waals surface area contributed by atoms with Crippen LogP contribution < -0.4 is 5.32 Å². The Balaban J connectivity index is 1.72. The second-order valence-electron chi connectivity index (χ2n) is 5.73. The van der Waals surface area contributed by atoms with E-state index in [0.29, 0.717) is 12.0 Å². The van der Waals surface area contributed by atoms with Gasteiger partial charge in [0.1, 0.15) is 5.82 Å². The van der Waals surface area contributed by atoms with Crippen molar-refractivity contribution in [3.05, 3.63) is 5.82 Å². The van der Waals surface area contributed by atoms with E-state index in [-0.39, 0.29) is 17.9 Å². The van der Waals surface area contributed by atoms with Gasteiger partial charge >= 0.3 is 0 Å². The van der Waals surface area contributed by atoms with Gasteiger partial charge in [-0.25, -0.2) is 0 Å². The monoisotopic (exact) mass is 278 g/mol. The summed E-state index contributed by atoms with van der Waals surface area (Å²) in [7, 11) is 0. The molecule has 2 aliphatic rings. The summed E-state index contributed by atoms with van der Waals surface area (Å²) in [5.41, 5.74) is 0. The first-order valence-electron chi connectivity index (χ1n) is 7.54. The van der Waals surface area contributed by atoms with Gasteiger partial charge in [-0.1, -0.05) is 6.92 Å². The van der Waals surface area contributed by atoms with Crippen LogP contribution in [-0.2, 0) is 9.53 Å². The van der Waals surface area contributed by atoms with E-state index in [9.17, 15) is 4.79 Å². The lowest BCUT2D eigenvalue weighted by molar-refractivity contribution is -0.129. The Labute approximate surface area is 118 Å². The molecule has 1 saturated heterocycles. The lowest BCUT2D eigenvalue weighted by Crippen LogP contribution is -2.38. The first kappa shape index (κ1) is 13.5. The lowest BCUT2D eigenvalue weighted by atomic mass is 9.92. The van der Waals surface area contributed by atoms with Gasteiger partial charge in [-0.15, -0.1) is 10.2 Å². The number of rotatable bonds is 4. The molecule has 1 aromatic rings. The van der Waals surface area contributed by atoms with Crippen LogP contribution in [0.4, 0.5) is 5.95 Å². The third-order valence-corrected chi connectivity index (χ3v) is 4.19. The van der Waals surface area contributed by atoms with Crippen molar-refractivity contribution in [2.75, 3.05) is 11.9 Å². The molecule has 2 fully saturated rings. The van der Waals surface area contributed by atoms with Gasteiger partial charge in [0.2, 0.25) is 11.9 Å². The van der Waals surface area contributed by atoms with Crippen LogP contribution in [0.15, 0.2) is 0 Å². The standard InChI is InChI=1S/C14H22N4O2/c1-3-12-11(5-4-8-20-12)13(19)15-14-17-16-9(2)18(14)10-6-7-10/h10-12H,3-8H2,1-2H3,(H,15,17,19)/t11-,12-/m1/s1. The third-order valence-electron chi connectivity index (χ3n) is 4.19. The van der Waals surface area contributed by atoms with E-state index < -0.39 is 0 Å². The van der Waals surface area contributed by atoms with Crippen LogP contribution in [-0.4, -0.2) is 33.4 Å². The molecule has 6 nitrogen and oxygen atoms in total. The summed E-state index contributed by atoms with van der Waals surface area (Å²) >= 11 is 0. The molecule has 20 heavy (non-hydrogen) atoms. The molecule has 1 saturated carbocycles.